The monoisotopic (exact) mass is 245 g/mol. The van der Waals surface area contributed by atoms with Crippen LogP contribution < -0.4 is 10.1 Å². The van der Waals surface area contributed by atoms with Gasteiger partial charge in [0.25, 0.3) is 5.91 Å². The second-order valence-electron chi connectivity index (χ2n) is 4.12. The van der Waals surface area contributed by atoms with Gasteiger partial charge in [0.1, 0.15) is 5.75 Å². The number of carbonyl (C=O) groups is 1. The lowest BCUT2D eigenvalue weighted by Gasteiger charge is -2.10. The molecule has 1 amide bonds. The standard InChI is InChI=1S/C14H15NO3/c1-10(2)18-12-7-5-11(6-8-12)15-14(16)13-4-3-9-17-13/h3-10H,1-2H3,(H,15,16). The SMILES string of the molecule is CC(C)Oc1ccc(NC(=O)c2ccco2)cc1. The molecule has 0 saturated carbocycles. The van der Waals surface area contributed by atoms with Crippen molar-refractivity contribution in [2.75, 3.05) is 5.32 Å². The molecule has 1 N–H and O–H groups in total. The van der Waals surface area contributed by atoms with Gasteiger partial charge in [-0.2, -0.15) is 0 Å². The van der Waals surface area contributed by atoms with Crippen molar-refractivity contribution in [1.82, 2.24) is 0 Å². The molecular formula is C14H15NO3. The summed E-state index contributed by atoms with van der Waals surface area (Å²) in [5.41, 5.74) is 0.701. The zero-order chi connectivity index (χ0) is 13.0. The van der Waals surface area contributed by atoms with Gasteiger partial charge in [-0.25, -0.2) is 0 Å². The van der Waals surface area contributed by atoms with Crippen LogP contribution in [-0.4, -0.2) is 12.0 Å². The molecule has 4 heteroatoms. The first-order chi connectivity index (χ1) is 8.65. The number of hydrogen-bond donors (Lipinski definition) is 1. The molecule has 0 saturated heterocycles. The van der Waals surface area contributed by atoms with Crippen molar-refractivity contribution >= 4 is 11.6 Å². The number of ether oxygens (including phenoxy) is 1. The van der Waals surface area contributed by atoms with E-state index in [4.69, 9.17) is 9.15 Å². The zero-order valence-electron chi connectivity index (χ0n) is 10.3. The van der Waals surface area contributed by atoms with Gasteiger partial charge in [-0.3, -0.25) is 4.79 Å². The van der Waals surface area contributed by atoms with Gasteiger partial charge in [-0.1, -0.05) is 0 Å². The van der Waals surface area contributed by atoms with Crippen LogP contribution in [0, 0.1) is 0 Å². The molecule has 1 heterocycles. The molecule has 0 unspecified atom stereocenters. The fourth-order valence-electron chi connectivity index (χ4n) is 1.49. The van der Waals surface area contributed by atoms with Crippen LogP contribution in [0.2, 0.25) is 0 Å². The Labute approximate surface area is 106 Å². The molecule has 4 nitrogen and oxygen atoms in total. The van der Waals surface area contributed by atoms with Crippen molar-refractivity contribution in [3.05, 3.63) is 48.4 Å². The summed E-state index contributed by atoms with van der Waals surface area (Å²) in [6.45, 7) is 3.93. The average molecular weight is 245 g/mol. The normalized spacial score (nSPS) is 10.4. The predicted octanol–water partition coefficient (Wildman–Crippen LogP) is 3.32. The van der Waals surface area contributed by atoms with Crippen molar-refractivity contribution in [2.24, 2.45) is 0 Å². The second kappa shape index (κ2) is 5.40. The number of benzene rings is 1. The van der Waals surface area contributed by atoms with Crippen LogP contribution in [0.5, 0.6) is 5.75 Å². The maximum atomic E-state index is 11.7. The lowest BCUT2D eigenvalue weighted by Crippen LogP contribution is -2.11. The zero-order valence-corrected chi connectivity index (χ0v) is 10.3. The Balaban J connectivity index is 2.00. The number of amides is 1. The van der Waals surface area contributed by atoms with Gasteiger partial charge >= 0.3 is 0 Å². The molecule has 1 aromatic carbocycles. The van der Waals surface area contributed by atoms with Crippen LogP contribution in [0.4, 0.5) is 5.69 Å². The topological polar surface area (TPSA) is 51.5 Å². The number of nitrogens with one attached hydrogen (secondary N) is 1. The Morgan fingerprint density at radius 3 is 2.50 bits per heavy atom. The molecule has 94 valence electrons. The number of hydrogen-bond acceptors (Lipinski definition) is 3. The van der Waals surface area contributed by atoms with E-state index in [9.17, 15) is 4.79 Å². The average Bonchev–Trinajstić information content (AvgIpc) is 2.84. The highest BCUT2D eigenvalue weighted by molar-refractivity contribution is 6.02. The fourth-order valence-corrected chi connectivity index (χ4v) is 1.49. The molecule has 0 aliphatic carbocycles. The molecule has 0 fully saturated rings. The lowest BCUT2D eigenvalue weighted by molar-refractivity contribution is 0.0996. The van der Waals surface area contributed by atoms with E-state index in [-0.39, 0.29) is 17.8 Å². The quantitative estimate of drug-likeness (QED) is 0.898. The molecule has 0 spiro atoms. The summed E-state index contributed by atoms with van der Waals surface area (Å²) >= 11 is 0. The maximum absolute atomic E-state index is 11.7. The highest BCUT2D eigenvalue weighted by Gasteiger charge is 2.08. The third kappa shape index (κ3) is 3.13. The highest BCUT2D eigenvalue weighted by Crippen LogP contribution is 2.17. The smallest absolute Gasteiger partial charge is 0.291 e. The van der Waals surface area contributed by atoms with E-state index in [1.165, 1.54) is 6.26 Å². The fraction of sp³-hybridized carbons (Fsp3) is 0.214. The molecule has 0 aliphatic rings. The number of rotatable bonds is 4. The van der Waals surface area contributed by atoms with Gasteiger partial charge in [0.05, 0.1) is 12.4 Å². The summed E-state index contributed by atoms with van der Waals surface area (Å²) in [4.78, 5) is 11.7. The first-order valence-corrected chi connectivity index (χ1v) is 5.77. The molecule has 1 aromatic heterocycles. The molecule has 0 radical (unpaired) electrons. The molecule has 0 aliphatic heterocycles. The van der Waals surface area contributed by atoms with Gasteiger partial charge < -0.3 is 14.5 Å². The predicted molar refractivity (Wildman–Crippen MR) is 68.9 cm³/mol. The third-order valence-electron chi connectivity index (χ3n) is 2.23. The summed E-state index contributed by atoms with van der Waals surface area (Å²) in [6, 6.07) is 10.5. The van der Waals surface area contributed by atoms with Crippen molar-refractivity contribution in [2.45, 2.75) is 20.0 Å². The summed E-state index contributed by atoms with van der Waals surface area (Å²) in [5.74, 6) is 0.802. The van der Waals surface area contributed by atoms with Gasteiger partial charge in [-0.15, -0.1) is 0 Å². The van der Waals surface area contributed by atoms with Gasteiger partial charge in [-0.05, 0) is 50.2 Å². The molecule has 2 aromatic rings. The van der Waals surface area contributed by atoms with Gasteiger partial charge in [0.2, 0.25) is 0 Å². The Morgan fingerprint density at radius 1 is 1.22 bits per heavy atom. The molecule has 18 heavy (non-hydrogen) atoms. The Kier molecular flexibility index (Phi) is 3.67. The van der Waals surface area contributed by atoms with E-state index in [1.54, 1.807) is 24.3 Å². The van der Waals surface area contributed by atoms with Crippen LogP contribution in [0.25, 0.3) is 0 Å². The summed E-state index contributed by atoms with van der Waals surface area (Å²) in [6.07, 6.45) is 1.60. The first kappa shape index (κ1) is 12.2. The van der Waals surface area contributed by atoms with Gasteiger partial charge in [0, 0.05) is 5.69 Å². The van der Waals surface area contributed by atoms with Crippen molar-refractivity contribution in [1.29, 1.82) is 0 Å². The largest absolute Gasteiger partial charge is 0.491 e. The highest BCUT2D eigenvalue weighted by atomic mass is 16.5. The lowest BCUT2D eigenvalue weighted by atomic mass is 10.3. The Morgan fingerprint density at radius 2 is 1.94 bits per heavy atom. The van der Waals surface area contributed by atoms with E-state index in [0.717, 1.165) is 5.75 Å². The summed E-state index contributed by atoms with van der Waals surface area (Å²) in [7, 11) is 0. The number of furan rings is 1. The van der Waals surface area contributed by atoms with E-state index in [1.807, 2.05) is 26.0 Å². The van der Waals surface area contributed by atoms with E-state index in [2.05, 4.69) is 5.32 Å². The van der Waals surface area contributed by atoms with E-state index in [0.29, 0.717) is 5.69 Å². The number of carbonyl (C=O) groups excluding carboxylic acids is 1. The summed E-state index contributed by atoms with van der Waals surface area (Å²) < 4.78 is 10.5. The molecule has 2 rings (SSSR count). The van der Waals surface area contributed by atoms with Crippen molar-refractivity contribution in [3.8, 4) is 5.75 Å². The molecule has 0 bridgehead atoms. The first-order valence-electron chi connectivity index (χ1n) is 5.77. The minimum Gasteiger partial charge on any atom is -0.491 e. The van der Waals surface area contributed by atoms with Crippen LogP contribution in [0.1, 0.15) is 24.4 Å². The Hall–Kier alpha value is -2.23. The van der Waals surface area contributed by atoms with Crippen LogP contribution >= 0.6 is 0 Å². The minimum absolute atomic E-state index is 0.133. The van der Waals surface area contributed by atoms with Gasteiger partial charge in [0.15, 0.2) is 5.76 Å². The van der Waals surface area contributed by atoms with Crippen LogP contribution in [0.15, 0.2) is 47.1 Å². The Bertz CT molecular complexity index is 500. The minimum atomic E-state index is -0.266. The second-order valence-corrected chi connectivity index (χ2v) is 4.12. The van der Waals surface area contributed by atoms with Crippen molar-refractivity contribution in [3.63, 3.8) is 0 Å². The van der Waals surface area contributed by atoms with Crippen LogP contribution in [-0.2, 0) is 0 Å². The number of anilines is 1. The molecular weight excluding hydrogens is 230 g/mol. The maximum Gasteiger partial charge on any atom is 0.291 e. The molecule has 0 atom stereocenters. The van der Waals surface area contributed by atoms with E-state index >= 15 is 0 Å². The summed E-state index contributed by atoms with van der Waals surface area (Å²) in [5, 5.41) is 2.74. The van der Waals surface area contributed by atoms with Crippen LogP contribution in [0.3, 0.4) is 0 Å². The van der Waals surface area contributed by atoms with E-state index < -0.39 is 0 Å². The van der Waals surface area contributed by atoms with Crippen molar-refractivity contribution < 1.29 is 13.9 Å². The third-order valence-corrected chi connectivity index (χ3v) is 2.23.